The molecule has 1 aliphatic rings. The van der Waals surface area contributed by atoms with Crippen molar-refractivity contribution in [3.05, 3.63) is 52.9 Å². The molecule has 1 saturated heterocycles. The number of ether oxygens (including phenoxy) is 1. The zero-order valence-electron chi connectivity index (χ0n) is 15.3. The molecule has 1 aliphatic heterocycles. The zero-order chi connectivity index (χ0) is 19.7. The third-order valence-corrected chi connectivity index (χ3v) is 5.21. The molecule has 1 fully saturated rings. The van der Waals surface area contributed by atoms with Crippen LogP contribution in [0.5, 0.6) is 5.75 Å². The molecular weight excluding hydrogens is 379 g/mol. The second-order valence-corrected chi connectivity index (χ2v) is 7.06. The van der Waals surface area contributed by atoms with Gasteiger partial charge in [-0.1, -0.05) is 11.6 Å². The first-order valence-electron chi connectivity index (χ1n) is 8.98. The molecule has 0 radical (unpaired) electrons. The second kappa shape index (κ2) is 7.53. The van der Waals surface area contributed by atoms with Crippen molar-refractivity contribution in [3.63, 3.8) is 0 Å². The smallest absolute Gasteiger partial charge is 0.144 e. The third kappa shape index (κ3) is 3.30. The summed E-state index contributed by atoms with van der Waals surface area (Å²) in [5, 5.41) is 13.6. The normalized spacial score (nSPS) is 13.6. The molecule has 0 bridgehead atoms. The molecule has 142 valence electrons. The topological polar surface area (TPSA) is 61.2 Å². The molecule has 0 unspecified atom stereocenters. The van der Waals surface area contributed by atoms with E-state index in [1.165, 1.54) is 18.3 Å². The Kier molecular flexibility index (Phi) is 4.93. The molecule has 0 atom stereocenters. The minimum atomic E-state index is -0.492. The van der Waals surface area contributed by atoms with Gasteiger partial charge in [0.05, 0.1) is 34.6 Å². The van der Waals surface area contributed by atoms with Crippen LogP contribution < -0.4 is 15.0 Å². The van der Waals surface area contributed by atoms with Crippen molar-refractivity contribution in [2.24, 2.45) is 0 Å². The van der Waals surface area contributed by atoms with Crippen LogP contribution in [0.15, 0.2) is 36.5 Å². The SMILES string of the molecule is COc1cc2ncc(C#N)c(Nc3ccc(F)c(Cl)c3)c2cc1N1CCCC1. The van der Waals surface area contributed by atoms with Gasteiger partial charge in [-0.05, 0) is 37.1 Å². The fourth-order valence-electron chi connectivity index (χ4n) is 3.51. The van der Waals surface area contributed by atoms with E-state index in [0.29, 0.717) is 22.5 Å². The lowest BCUT2D eigenvalue weighted by atomic mass is 10.1. The van der Waals surface area contributed by atoms with Crippen LogP contribution in [0.1, 0.15) is 18.4 Å². The quantitative estimate of drug-likeness (QED) is 0.652. The third-order valence-electron chi connectivity index (χ3n) is 4.92. The van der Waals surface area contributed by atoms with Crippen LogP contribution in [0.3, 0.4) is 0 Å². The van der Waals surface area contributed by atoms with Gasteiger partial charge in [-0.2, -0.15) is 5.26 Å². The van der Waals surface area contributed by atoms with Gasteiger partial charge >= 0.3 is 0 Å². The number of nitrogens with one attached hydrogen (secondary N) is 1. The molecule has 0 spiro atoms. The number of anilines is 3. The van der Waals surface area contributed by atoms with E-state index < -0.39 is 5.82 Å². The fourth-order valence-corrected chi connectivity index (χ4v) is 3.70. The highest BCUT2D eigenvalue weighted by Crippen LogP contribution is 2.39. The van der Waals surface area contributed by atoms with E-state index in [-0.39, 0.29) is 5.02 Å². The van der Waals surface area contributed by atoms with Crippen LogP contribution >= 0.6 is 11.6 Å². The molecule has 2 aromatic carbocycles. The Morgan fingerprint density at radius 1 is 1.25 bits per heavy atom. The number of fused-ring (bicyclic) bond motifs is 1. The van der Waals surface area contributed by atoms with Crippen molar-refractivity contribution in [2.45, 2.75) is 12.8 Å². The van der Waals surface area contributed by atoms with Crippen molar-refractivity contribution in [1.29, 1.82) is 5.26 Å². The van der Waals surface area contributed by atoms with E-state index in [0.717, 1.165) is 42.8 Å². The molecule has 2 heterocycles. The molecule has 1 aromatic heterocycles. The van der Waals surface area contributed by atoms with Gasteiger partial charge in [-0.15, -0.1) is 0 Å². The Hall–Kier alpha value is -3.04. The number of halogens is 2. The minimum Gasteiger partial charge on any atom is -0.495 e. The lowest BCUT2D eigenvalue weighted by Crippen LogP contribution is -2.18. The first kappa shape index (κ1) is 18.3. The molecule has 0 amide bonds. The van der Waals surface area contributed by atoms with Gasteiger partial charge in [0, 0.05) is 36.4 Å². The lowest BCUT2D eigenvalue weighted by molar-refractivity contribution is 0.415. The second-order valence-electron chi connectivity index (χ2n) is 6.65. The number of nitrogens with zero attached hydrogens (tertiary/aromatic N) is 3. The average molecular weight is 397 g/mol. The number of benzene rings is 2. The average Bonchev–Trinajstić information content (AvgIpc) is 3.24. The van der Waals surface area contributed by atoms with Gasteiger partial charge in [0.25, 0.3) is 0 Å². The molecular formula is C21H18ClFN4O. The van der Waals surface area contributed by atoms with E-state index in [2.05, 4.69) is 21.3 Å². The molecule has 3 aromatic rings. The maximum absolute atomic E-state index is 13.5. The van der Waals surface area contributed by atoms with Gasteiger partial charge < -0.3 is 15.0 Å². The van der Waals surface area contributed by atoms with Crippen LogP contribution in [-0.4, -0.2) is 25.2 Å². The fraction of sp³-hybridized carbons (Fsp3) is 0.238. The molecule has 4 rings (SSSR count). The summed E-state index contributed by atoms with van der Waals surface area (Å²) in [7, 11) is 1.64. The van der Waals surface area contributed by atoms with Crippen LogP contribution in [0.4, 0.5) is 21.5 Å². The molecule has 28 heavy (non-hydrogen) atoms. The number of methoxy groups -OCH3 is 1. The summed E-state index contributed by atoms with van der Waals surface area (Å²) in [6.07, 6.45) is 3.79. The standard InChI is InChI=1S/C21H18ClFN4O/c1-28-20-10-18-15(9-19(20)27-6-2-3-7-27)21(13(11-24)12-25-18)26-14-4-5-17(23)16(22)8-14/h4-5,8-10,12H,2-3,6-7H2,1H3,(H,25,26). The van der Waals surface area contributed by atoms with Crippen molar-refractivity contribution in [3.8, 4) is 11.8 Å². The number of nitriles is 1. The largest absolute Gasteiger partial charge is 0.495 e. The molecule has 0 saturated carbocycles. The molecule has 5 nitrogen and oxygen atoms in total. The van der Waals surface area contributed by atoms with Crippen molar-refractivity contribution in [1.82, 2.24) is 4.98 Å². The van der Waals surface area contributed by atoms with Crippen molar-refractivity contribution in [2.75, 3.05) is 30.4 Å². The van der Waals surface area contributed by atoms with Gasteiger partial charge in [0.1, 0.15) is 17.6 Å². The first-order chi connectivity index (χ1) is 13.6. The molecule has 1 N–H and O–H groups in total. The van der Waals surface area contributed by atoms with Crippen molar-refractivity contribution >= 4 is 39.6 Å². The zero-order valence-corrected chi connectivity index (χ0v) is 16.1. The van der Waals surface area contributed by atoms with Crippen LogP contribution in [0.25, 0.3) is 10.9 Å². The van der Waals surface area contributed by atoms with E-state index >= 15 is 0 Å². The summed E-state index contributed by atoms with van der Waals surface area (Å²) < 4.78 is 19.1. The van der Waals surface area contributed by atoms with E-state index in [1.807, 2.05) is 12.1 Å². The summed E-state index contributed by atoms with van der Waals surface area (Å²) in [4.78, 5) is 6.69. The number of pyridine rings is 1. The maximum atomic E-state index is 13.5. The Bertz CT molecular complexity index is 1090. The van der Waals surface area contributed by atoms with Gasteiger partial charge in [0.15, 0.2) is 0 Å². The van der Waals surface area contributed by atoms with Gasteiger partial charge in [0.2, 0.25) is 0 Å². The highest BCUT2D eigenvalue weighted by atomic mass is 35.5. The summed E-state index contributed by atoms with van der Waals surface area (Å²) in [5.41, 5.74) is 3.27. The van der Waals surface area contributed by atoms with Crippen LogP contribution in [0.2, 0.25) is 5.02 Å². The van der Waals surface area contributed by atoms with E-state index in [4.69, 9.17) is 16.3 Å². The van der Waals surface area contributed by atoms with Crippen LogP contribution in [0, 0.1) is 17.1 Å². The Labute approximate surface area is 167 Å². The number of rotatable bonds is 4. The number of hydrogen-bond donors (Lipinski definition) is 1. The Morgan fingerprint density at radius 2 is 2.04 bits per heavy atom. The van der Waals surface area contributed by atoms with E-state index in [1.54, 1.807) is 13.2 Å². The van der Waals surface area contributed by atoms with E-state index in [9.17, 15) is 9.65 Å². The highest BCUT2D eigenvalue weighted by Gasteiger charge is 2.20. The lowest BCUT2D eigenvalue weighted by Gasteiger charge is -2.22. The predicted octanol–water partition coefficient (Wildman–Crippen LogP) is 5.25. The molecule has 7 heteroatoms. The monoisotopic (exact) mass is 396 g/mol. The van der Waals surface area contributed by atoms with Gasteiger partial charge in [-0.25, -0.2) is 4.39 Å². The summed E-state index contributed by atoms with van der Waals surface area (Å²) in [6, 6.07) is 10.4. The predicted molar refractivity (Wildman–Crippen MR) is 109 cm³/mol. The highest BCUT2D eigenvalue weighted by molar-refractivity contribution is 6.31. The molecule has 0 aliphatic carbocycles. The summed E-state index contributed by atoms with van der Waals surface area (Å²) in [6.45, 7) is 1.92. The Morgan fingerprint density at radius 3 is 2.71 bits per heavy atom. The first-order valence-corrected chi connectivity index (χ1v) is 9.36. The minimum absolute atomic E-state index is 0.0151. The Balaban J connectivity index is 1.88. The maximum Gasteiger partial charge on any atom is 0.144 e. The number of aromatic nitrogens is 1. The summed E-state index contributed by atoms with van der Waals surface area (Å²) >= 11 is 5.91. The van der Waals surface area contributed by atoms with Crippen molar-refractivity contribution < 1.29 is 9.13 Å². The van der Waals surface area contributed by atoms with Crippen LogP contribution in [-0.2, 0) is 0 Å². The number of hydrogen-bond acceptors (Lipinski definition) is 5. The van der Waals surface area contributed by atoms with Gasteiger partial charge in [-0.3, -0.25) is 4.98 Å². The summed E-state index contributed by atoms with van der Waals surface area (Å²) in [5.74, 6) is 0.260.